The number of unbranched alkanes of at least 4 members (excludes halogenated alkanes) is 2. The van der Waals surface area contributed by atoms with Gasteiger partial charge in [-0.2, -0.15) is 56.9 Å². The summed E-state index contributed by atoms with van der Waals surface area (Å²) < 4.78 is 42.6. The first-order valence-electron chi connectivity index (χ1n) is 46.4. The number of methoxy groups -OCH3 is 8. The molecule has 0 aliphatic rings. The molecule has 0 fully saturated rings. The van der Waals surface area contributed by atoms with Gasteiger partial charge < -0.3 is 135 Å². The van der Waals surface area contributed by atoms with Gasteiger partial charge in [0.2, 0.25) is 35.7 Å². The Kier molecular flexibility index (Phi) is 50.9. The molecule has 12 aromatic rings. The van der Waals surface area contributed by atoms with E-state index in [9.17, 15) is 30.6 Å². The van der Waals surface area contributed by atoms with Crippen LogP contribution < -0.4 is 104 Å². The van der Waals surface area contributed by atoms with Crippen LogP contribution in [-0.4, -0.2) is 223 Å². The van der Waals surface area contributed by atoms with Crippen molar-refractivity contribution in [3.63, 3.8) is 0 Å². The number of nitrogen functional groups attached to an aromatic ring is 6. The molecule has 137 heavy (non-hydrogen) atoms. The number of aliphatic hydroxyl groups is 6. The van der Waals surface area contributed by atoms with E-state index < -0.39 is 0 Å². The summed E-state index contributed by atoms with van der Waals surface area (Å²) in [6.07, 6.45) is 17.5. The lowest BCUT2D eigenvalue weighted by molar-refractivity contribution is 0.267. The summed E-state index contributed by atoms with van der Waals surface area (Å²) in [5.74, 6) is 10.4. The second-order valence-electron chi connectivity index (χ2n) is 32.5. The van der Waals surface area contributed by atoms with Crippen LogP contribution in [-0.2, 0) is 6.42 Å². The summed E-state index contributed by atoms with van der Waals surface area (Å²) in [4.78, 5) is 51.5. The number of nitrogens with zero attached hydrogens (tertiary/aromatic N) is 12. The van der Waals surface area contributed by atoms with Gasteiger partial charge in [-0.3, -0.25) is 0 Å². The highest BCUT2D eigenvalue weighted by atomic mass is 32.1. The predicted octanol–water partition coefficient (Wildman–Crippen LogP) is 15.0. The Hall–Kier alpha value is -12.2. The van der Waals surface area contributed by atoms with Gasteiger partial charge in [-0.15, -0.1) is 0 Å². The lowest BCUT2D eigenvalue weighted by Crippen LogP contribution is -2.24. The molecular formula is C97H150N24O14S2. The van der Waals surface area contributed by atoms with E-state index in [-0.39, 0.29) is 139 Å². The fraction of sp³-hybridized carbons (Fsp3) is 0.505. The minimum atomic E-state index is -0.0874. The second-order valence-corrected chi connectivity index (χ2v) is 32.5. The molecule has 24 N–H and O–H groups in total. The van der Waals surface area contributed by atoms with Crippen molar-refractivity contribution in [2.45, 2.75) is 226 Å². The summed E-state index contributed by atoms with van der Waals surface area (Å²) in [5, 5.41) is 81.2. The van der Waals surface area contributed by atoms with Gasteiger partial charge in [0.15, 0.2) is 46.0 Å². The third-order valence-electron chi connectivity index (χ3n) is 22.2. The summed E-state index contributed by atoms with van der Waals surface area (Å²) >= 11 is 0. The molecule has 0 amide bonds. The van der Waals surface area contributed by atoms with Crippen molar-refractivity contribution in [3.8, 4) is 46.0 Å². The van der Waals surface area contributed by atoms with Crippen LogP contribution in [0.15, 0.2) is 84.9 Å². The van der Waals surface area contributed by atoms with Gasteiger partial charge >= 0.3 is 0 Å². The van der Waals surface area contributed by atoms with Crippen LogP contribution in [0.4, 0.5) is 70.6 Å². The average molecular weight is 1940 g/mol. The van der Waals surface area contributed by atoms with Crippen molar-refractivity contribution in [2.75, 3.05) is 163 Å². The number of aryl methyl sites for hydroxylation is 1. The second kappa shape index (κ2) is 60.4. The van der Waals surface area contributed by atoms with Crippen molar-refractivity contribution in [1.82, 2.24) is 59.8 Å². The Labute approximate surface area is 818 Å². The van der Waals surface area contributed by atoms with Crippen LogP contribution in [0.1, 0.15) is 195 Å². The molecule has 12 rings (SSSR count). The number of rotatable bonds is 46. The van der Waals surface area contributed by atoms with Gasteiger partial charge in [-0.05, 0) is 136 Å². The largest absolute Gasteiger partial charge is 0.493 e. The minimum absolute atomic E-state index is 0. The number of ether oxygens (including phenoxy) is 8. The van der Waals surface area contributed by atoms with Crippen LogP contribution in [0.2, 0.25) is 0 Å². The highest BCUT2D eigenvalue weighted by Crippen LogP contribution is 2.40. The number of aromatic nitrogens is 12. The first-order chi connectivity index (χ1) is 65.2. The first-order valence-corrected chi connectivity index (χ1v) is 46.4. The number of hydrogen-bond acceptors (Lipinski definition) is 38. The van der Waals surface area contributed by atoms with E-state index in [0.29, 0.717) is 123 Å². The molecule has 0 radical (unpaired) electrons. The molecule has 0 bridgehead atoms. The maximum absolute atomic E-state index is 9.56. The van der Waals surface area contributed by atoms with Crippen LogP contribution >= 0.6 is 27.0 Å². The number of fused-ring (bicyclic) bond motifs is 6. The SMILES string of the molecule is CCCC[C@@H](CCO)Nc1nc(N)nc2cc(OC)c(OC)cc12.CCCC[C@@H](CO)Nc1nc(N)nc2cc(OC)c(OC)cc12.CCC[C@@H](CCO)Nc1nc(N)nc2cc(OC)c(OC)cc12.CCC[C@@H](CCO)Nc1nc(N)nc2ccc(C(C)C)cc12.CCC[C@@H](CCO)Nc1nc(N)nc2ccc(CC)cc12.CCC[C@@H](CO)Nc1nc(N)nc2cc(OC)c(OC)cc12.S.S. The zero-order valence-electron chi connectivity index (χ0n) is 82.6. The Morgan fingerprint density at radius 3 is 0.737 bits per heavy atom. The molecule has 6 heterocycles. The van der Waals surface area contributed by atoms with Gasteiger partial charge in [0.05, 0.1) is 115 Å². The molecule has 0 saturated carbocycles. The van der Waals surface area contributed by atoms with Crippen LogP contribution in [0.5, 0.6) is 46.0 Å². The number of nitrogens with two attached hydrogens (primary N) is 6. The third-order valence-corrected chi connectivity index (χ3v) is 22.2. The Morgan fingerprint density at radius 1 is 0.263 bits per heavy atom. The number of hydrogen-bond donors (Lipinski definition) is 18. The van der Waals surface area contributed by atoms with Crippen LogP contribution in [0.3, 0.4) is 0 Å². The van der Waals surface area contributed by atoms with E-state index in [1.165, 1.54) is 11.1 Å². The van der Waals surface area contributed by atoms with Gasteiger partial charge in [-0.25, -0.2) is 29.9 Å². The van der Waals surface area contributed by atoms with Crippen molar-refractivity contribution in [1.29, 1.82) is 0 Å². The minimum Gasteiger partial charge on any atom is -0.493 e. The van der Waals surface area contributed by atoms with E-state index in [4.69, 9.17) is 72.3 Å². The number of benzene rings is 6. The normalized spacial score (nSPS) is 12.1. The first kappa shape index (κ1) is 115. The van der Waals surface area contributed by atoms with Crippen molar-refractivity contribution < 1.29 is 68.5 Å². The molecule has 40 heteroatoms. The molecule has 6 atom stereocenters. The fourth-order valence-corrected chi connectivity index (χ4v) is 15.1. The summed E-state index contributed by atoms with van der Waals surface area (Å²) in [6, 6.07) is 27.2. The topological polar surface area (TPSA) is 578 Å². The van der Waals surface area contributed by atoms with Crippen molar-refractivity contribution in [2.24, 2.45) is 0 Å². The van der Waals surface area contributed by atoms with Gasteiger partial charge in [0.25, 0.3) is 0 Å². The number of nitrogens with one attached hydrogen (secondary N) is 6. The maximum Gasteiger partial charge on any atom is 0.222 e. The quantitative estimate of drug-likeness (QED) is 0.0168. The van der Waals surface area contributed by atoms with Crippen LogP contribution in [0, 0.1) is 0 Å². The summed E-state index contributed by atoms with van der Waals surface area (Å²) in [6.45, 7) is 19.8. The predicted molar refractivity (Wildman–Crippen MR) is 564 cm³/mol. The zero-order chi connectivity index (χ0) is 98.6. The Morgan fingerprint density at radius 2 is 0.489 bits per heavy atom. The lowest BCUT2D eigenvalue weighted by Gasteiger charge is -2.20. The van der Waals surface area contributed by atoms with Crippen molar-refractivity contribution >= 4 is 163 Å². The molecule has 0 aliphatic heterocycles. The van der Waals surface area contributed by atoms with E-state index >= 15 is 0 Å². The highest BCUT2D eigenvalue weighted by Gasteiger charge is 2.23. The zero-order valence-corrected chi connectivity index (χ0v) is 84.6. The van der Waals surface area contributed by atoms with Gasteiger partial charge in [0.1, 0.15) is 34.9 Å². The highest BCUT2D eigenvalue weighted by molar-refractivity contribution is 7.59. The molecular weight excluding hydrogens is 1790 g/mol. The summed E-state index contributed by atoms with van der Waals surface area (Å²) in [7, 11) is 12.6. The van der Waals surface area contributed by atoms with E-state index in [0.717, 1.165) is 151 Å². The van der Waals surface area contributed by atoms with E-state index in [1.54, 1.807) is 87.2 Å². The number of anilines is 12. The molecule has 0 unspecified atom stereocenters. The molecule has 0 saturated heterocycles. The van der Waals surface area contributed by atoms with E-state index in [1.807, 2.05) is 30.3 Å². The maximum atomic E-state index is 9.56. The smallest absolute Gasteiger partial charge is 0.222 e. The van der Waals surface area contributed by atoms with E-state index in [2.05, 4.69) is 178 Å². The third kappa shape index (κ3) is 34.2. The van der Waals surface area contributed by atoms with Gasteiger partial charge in [0, 0.05) is 107 Å². The molecule has 6 aromatic heterocycles. The average Bonchev–Trinajstić information content (AvgIpc) is 0.795. The molecule has 6 aromatic carbocycles. The molecule has 754 valence electrons. The molecule has 0 spiro atoms. The lowest BCUT2D eigenvalue weighted by atomic mass is 10.0. The summed E-state index contributed by atoms with van der Waals surface area (Å²) in [5.41, 5.74) is 41.8. The molecule has 38 nitrogen and oxygen atoms in total. The molecule has 0 aliphatic carbocycles. The Balaban J connectivity index is 0.000000290. The Bertz CT molecular complexity index is 5640. The fourth-order valence-electron chi connectivity index (χ4n) is 15.1. The van der Waals surface area contributed by atoms with Crippen LogP contribution in [0.25, 0.3) is 65.4 Å². The van der Waals surface area contributed by atoms with Crippen molar-refractivity contribution in [3.05, 3.63) is 96.1 Å². The standard InChI is InChI=1S/C17H26N4O3.C17H26N4O.2C16H24N4O3.C16H24N4O.C15H22N4O3.2H2S/c1-4-5-6-11(7-8-22)19-16-12-9-14(23-2)15(24-3)10-13(12)20-17(18)21-16;1-4-5-13(8-9-22)19-16-14-10-12(11(2)3)6-7-15(14)20-17(18)21-16;1-4-5-10(6-7-21)18-15-11-8-13(22-2)14(23-3)9-12(11)19-16(17)20-15;1-4-5-6-10(9-21)18-15-11-7-13(22-2)14(23-3)8-12(11)19-16(17)20-15;1-3-5-12(8-9-21)18-15-13-10-11(4-2)6-7-14(13)19-16(17)20-15;1-4-5-9(8-20)17-14-10-6-12(21-2)13(22-3)7-11(10)18-15(16)19-14;;/h9-11,22H,4-8H2,1-3H3,(H3,18,19,20,21);6-7,10-11,13,22H,4-5,8-9H2,1-3H3,(H3,18,19,20,21);8-10,21H,4-7H2,1-3H3,(H3,17,18,19,20);7-8,10,21H,4-6,9H2,1-3H3,(H3,17,18,19,20);6-7,10,12,21H,3-5,8-9H2,1-2H3,(H3,17,18,19,20);6-7,9,20H,4-5,8H2,1-3H3,(H3,16,17,18,19);2*1H2/t11-;13-;2*10-;12-;9-;;/m000000../s1. The monoisotopic (exact) mass is 1940 g/mol. The van der Waals surface area contributed by atoms with Gasteiger partial charge in [-0.1, -0.05) is 126 Å². The number of aliphatic hydroxyl groups excluding tert-OH is 6.